The van der Waals surface area contributed by atoms with E-state index in [1.807, 2.05) is 12.1 Å². The Morgan fingerprint density at radius 2 is 1.79 bits per heavy atom. The van der Waals surface area contributed by atoms with Crippen molar-refractivity contribution in [3.8, 4) is 0 Å². The molecule has 1 heterocycles. The van der Waals surface area contributed by atoms with Crippen LogP contribution in [0.4, 0.5) is 4.39 Å². The van der Waals surface area contributed by atoms with E-state index < -0.39 is 11.9 Å². The quantitative estimate of drug-likeness (QED) is 0.921. The standard InChI is InChI=1S/C19H18FNO3/c1-11-7-14(8-12(2)17(11)20)18(22)21-9-13-5-3-4-6-15(13)16(10-21)19(23)24/h3-8,16H,9-10H2,1-2H3,(H,23,24). The van der Waals surface area contributed by atoms with Crippen molar-refractivity contribution in [3.05, 3.63) is 70.0 Å². The Morgan fingerprint density at radius 1 is 1.17 bits per heavy atom. The Bertz CT molecular complexity index is 808. The maximum Gasteiger partial charge on any atom is 0.312 e. The Labute approximate surface area is 139 Å². The summed E-state index contributed by atoms with van der Waals surface area (Å²) in [5.74, 6) is -2.30. The summed E-state index contributed by atoms with van der Waals surface area (Å²) in [6, 6.07) is 10.3. The lowest BCUT2D eigenvalue weighted by Gasteiger charge is -2.33. The molecule has 0 spiro atoms. The van der Waals surface area contributed by atoms with E-state index in [-0.39, 0.29) is 18.3 Å². The average Bonchev–Trinajstić information content (AvgIpc) is 2.57. The summed E-state index contributed by atoms with van der Waals surface area (Å²) in [7, 11) is 0. The highest BCUT2D eigenvalue weighted by molar-refractivity contribution is 5.95. The summed E-state index contributed by atoms with van der Waals surface area (Å²) in [4.78, 5) is 25.9. The predicted octanol–water partition coefficient (Wildman–Crippen LogP) is 3.27. The van der Waals surface area contributed by atoms with Gasteiger partial charge >= 0.3 is 5.97 Å². The van der Waals surface area contributed by atoms with Crippen molar-refractivity contribution in [3.63, 3.8) is 0 Å². The van der Waals surface area contributed by atoms with E-state index in [9.17, 15) is 19.1 Å². The Morgan fingerprint density at radius 3 is 2.42 bits per heavy atom. The van der Waals surface area contributed by atoms with Gasteiger partial charge in [-0.15, -0.1) is 0 Å². The van der Waals surface area contributed by atoms with E-state index in [1.54, 1.807) is 26.0 Å². The molecule has 1 amide bonds. The largest absolute Gasteiger partial charge is 0.481 e. The van der Waals surface area contributed by atoms with Gasteiger partial charge in [-0.2, -0.15) is 0 Å². The minimum atomic E-state index is -0.952. The molecule has 3 rings (SSSR count). The molecule has 2 aromatic rings. The van der Waals surface area contributed by atoms with Gasteiger partial charge in [-0.3, -0.25) is 9.59 Å². The fraction of sp³-hybridized carbons (Fsp3) is 0.263. The first kappa shape index (κ1) is 16.2. The molecule has 0 radical (unpaired) electrons. The molecule has 5 heteroatoms. The molecule has 2 aromatic carbocycles. The van der Waals surface area contributed by atoms with Crippen LogP contribution in [0.3, 0.4) is 0 Å². The smallest absolute Gasteiger partial charge is 0.312 e. The molecular formula is C19H18FNO3. The number of carboxylic acid groups (broad SMARTS) is 1. The van der Waals surface area contributed by atoms with E-state index in [4.69, 9.17) is 0 Å². The fourth-order valence-electron chi connectivity index (χ4n) is 3.22. The summed E-state index contributed by atoms with van der Waals surface area (Å²) in [6.07, 6.45) is 0. The number of carbonyl (C=O) groups is 2. The van der Waals surface area contributed by atoms with Crippen LogP contribution in [-0.2, 0) is 11.3 Å². The van der Waals surface area contributed by atoms with Crippen molar-refractivity contribution in [2.75, 3.05) is 6.54 Å². The maximum absolute atomic E-state index is 13.8. The first-order valence-electron chi connectivity index (χ1n) is 7.75. The van der Waals surface area contributed by atoms with Crippen LogP contribution in [0, 0.1) is 19.7 Å². The number of benzene rings is 2. The van der Waals surface area contributed by atoms with Crippen LogP contribution in [0.25, 0.3) is 0 Å². The summed E-state index contributed by atoms with van der Waals surface area (Å²) in [5, 5.41) is 9.49. The Kier molecular flexibility index (Phi) is 4.09. The lowest BCUT2D eigenvalue weighted by molar-refractivity contribution is -0.139. The minimum absolute atomic E-state index is 0.112. The second-order valence-corrected chi connectivity index (χ2v) is 6.20. The number of carboxylic acids is 1. The highest BCUT2D eigenvalue weighted by Crippen LogP contribution is 2.29. The summed E-state index contributed by atoms with van der Waals surface area (Å²) in [6.45, 7) is 3.70. The Balaban J connectivity index is 1.96. The van der Waals surface area contributed by atoms with E-state index in [0.717, 1.165) is 11.1 Å². The van der Waals surface area contributed by atoms with Gasteiger partial charge < -0.3 is 10.0 Å². The highest BCUT2D eigenvalue weighted by Gasteiger charge is 2.32. The van der Waals surface area contributed by atoms with Gasteiger partial charge in [-0.1, -0.05) is 24.3 Å². The molecular weight excluding hydrogens is 309 g/mol. The van der Waals surface area contributed by atoms with Crippen molar-refractivity contribution < 1.29 is 19.1 Å². The van der Waals surface area contributed by atoms with Gasteiger partial charge in [0.25, 0.3) is 5.91 Å². The second-order valence-electron chi connectivity index (χ2n) is 6.20. The van der Waals surface area contributed by atoms with Crippen LogP contribution in [0.1, 0.15) is 38.5 Å². The number of fused-ring (bicyclic) bond motifs is 1. The molecule has 0 aliphatic carbocycles. The molecule has 1 unspecified atom stereocenters. The first-order chi connectivity index (χ1) is 11.4. The topological polar surface area (TPSA) is 57.6 Å². The van der Waals surface area contributed by atoms with Crippen molar-refractivity contribution in [1.29, 1.82) is 0 Å². The number of aliphatic carboxylic acids is 1. The van der Waals surface area contributed by atoms with E-state index in [2.05, 4.69) is 0 Å². The summed E-state index contributed by atoms with van der Waals surface area (Å²) in [5.41, 5.74) is 2.78. The molecule has 1 aliphatic heterocycles. The van der Waals surface area contributed by atoms with Crippen LogP contribution in [0.2, 0.25) is 0 Å². The van der Waals surface area contributed by atoms with Gasteiger partial charge in [0, 0.05) is 18.7 Å². The molecule has 0 aromatic heterocycles. The molecule has 0 saturated heterocycles. The van der Waals surface area contributed by atoms with Crippen LogP contribution in [0.5, 0.6) is 0 Å². The molecule has 124 valence electrons. The van der Waals surface area contributed by atoms with Crippen molar-refractivity contribution >= 4 is 11.9 Å². The third-order valence-electron chi connectivity index (χ3n) is 4.46. The molecule has 4 nitrogen and oxygen atoms in total. The van der Waals surface area contributed by atoms with Gasteiger partial charge in [-0.25, -0.2) is 4.39 Å². The van der Waals surface area contributed by atoms with E-state index >= 15 is 0 Å². The number of carbonyl (C=O) groups excluding carboxylic acids is 1. The number of rotatable bonds is 2. The highest BCUT2D eigenvalue weighted by atomic mass is 19.1. The van der Waals surface area contributed by atoms with Crippen molar-refractivity contribution in [2.24, 2.45) is 0 Å². The van der Waals surface area contributed by atoms with Crippen molar-refractivity contribution in [2.45, 2.75) is 26.3 Å². The number of aryl methyl sites for hydroxylation is 2. The van der Waals surface area contributed by atoms with Gasteiger partial charge in [0.2, 0.25) is 0 Å². The zero-order chi connectivity index (χ0) is 17.4. The van der Waals surface area contributed by atoms with E-state index in [1.165, 1.54) is 17.0 Å². The van der Waals surface area contributed by atoms with Crippen molar-refractivity contribution in [1.82, 2.24) is 4.90 Å². The molecule has 0 fully saturated rings. The molecule has 1 aliphatic rings. The molecule has 24 heavy (non-hydrogen) atoms. The van der Waals surface area contributed by atoms with Gasteiger partial charge in [0.15, 0.2) is 0 Å². The number of hydrogen-bond donors (Lipinski definition) is 1. The van der Waals surface area contributed by atoms with Gasteiger partial charge in [0.1, 0.15) is 5.82 Å². The molecule has 0 saturated carbocycles. The van der Waals surface area contributed by atoms with Crippen LogP contribution in [-0.4, -0.2) is 28.4 Å². The third-order valence-corrected chi connectivity index (χ3v) is 4.46. The van der Waals surface area contributed by atoms with Crippen LogP contribution < -0.4 is 0 Å². The zero-order valence-corrected chi connectivity index (χ0v) is 13.5. The molecule has 0 bridgehead atoms. The van der Waals surface area contributed by atoms with Gasteiger partial charge in [-0.05, 0) is 48.2 Å². The monoisotopic (exact) mass is 327 g/mol. The first-order valence-corrected chi connectivity index (χ1v) is 7.75. The second kappa shape index (κ2) is 6.07. The number of amides is 1. The maximum atomic E-state index is 13.8. The average molecular weight is 327 g/mol. The number of halogens is 1. The third kappa shape index (κ3) is 2.77. The predicted molar refractivity (Wildman–Crippen MR) is 87.4 cm³/mol. The SMILES string of the molecule is Cc1cc(C(=O)N2Cc3ccccc3C(C(=O)O)C2)cc(C)c1F. The molecule has 1 N–H and O–H groups in total. The van der Waals surface area contributed by atoms with Gasteiger partial charge in [0.05, 0.1) is 5.92 Å². The van der Waals surface area contributed by atoms with Crippen LogP contribution in [0.15, 0.2) is 36.4 Å². The van der Waals surface area contributed by atoms with Crippen LogP contribution >= 0.6 is 0 Å². The summed E-state index contributed by atoms with van der Waals surface area (Å²) < 4.78 is 13.8. The molecule has 1 atom stereocenters. The Hall–Kier alpha value is -2.69. The lowest BCUT2D eigenvalue weighted by Crippen LogP contribution is -2.40. The fourth-order valence-corrected chi connectivity index (χ4v) is 3.22. The lowest BCUT2D eigenvalue weighted by atomic mass is 9.89. The zero-order valence-electron chi connectivity index (χ0n) is 13.5. The number of nitrogens with zero attached hydrogens (tertiary/aromatic N) is 1. The summed E-state index contributed by atoms with van der Waals surface area (Å²) >= 11 is 0. The number of hydrogen-bond acceptors (Lipinski definition) is 2. The van der Waals surface area contributed by atoms with E-state index in [0.29, 0.717) is 23.2 Å². The minimum Gasteiger partial charge on any atom is -0.481 e. The normalized spacial score (nSPS) is 16.6.